The van der Waals surface area contributed by atoms with Crippen molar-refractivity contribution in [1.29, 1.82) is 0 Å². The van der Waals surface area contributed by atoms with Crippen LogP contribution in [0.1, 0.15) is 30.1 Å². The maximum Gasteiger partial charge on any atom is 0.274 e. The molecular weight excluding hydrogens is 419 g/mol. The molecule has 164 valence electrons. The standard InChI is InChI=1S/C24H25FN2O3.ClH/c1-3-27-21-9-8-20(30-2)14-18(21)15-22(24(27)29)26-12-10-17(11-13-26)23(28)16-4-6-19(25)7-5-16;/h4-9,14-15,17H,3,10-13H2,1-2H3;1H. The summed E-state index contributed by atoms with van der Waals surface area (Å²) < 4.78 is 20.2. The van der Waals surface area contributed by atoms with E-state index in [9.17, 15) is 14.0 Å². The normalized spacial score (nSPS) is 14.4. The Morgan fingerprint density at radius 3 is 2.39 bits per heavy atom. The van der Waals surface area contributed by atoms with Crippen LogP contribution < -0.4 is 15.2 Å². The lowest BCUT2D eigenvalue weighted by Gasteiger charge is -2.33. The molecule has 1 aliphatic rings. The minimum Gasteiger partial charge on any atom is -0.497 e. The Labute approximate surface area is 186 Å². The lowest BCUT2D eigenvalue weighted by molar-refractivity contribution is 0.0900. The fraction of sp³-hybridized carbons (Fsp3) is 0.333. The van der Waals surface area contributed by atoms with Crippen LogP contribution in [0.15, 0.2) is 53.3 Å². The fourth-order valence-electron chi connectivity index (χ4n) is 4.25. The number of piperidine rings is 1. The van der Waals surface area contributed by atoms with Gasteiger partial charge in [0.05, 0.1) is 12.6 Å². The number of Topliss-reactive ketones (excluding diaryl/α,β-unsaturated/α-hetero) is 1. The summed E-state index contributed by atoms with van der Waals surface area (Å²) in [6.45, 7) is 3.80. The van der Waals surface area contributed by atoms with E-state index in [-0.39, 0.29) is 35.5 Å². The zero-order valence-electron chi connectivity index (χ0n) is 17.6. The minimum absolute atomic E-state index is 0. The van der Waals surface area contributed by atoms with E-state index in [4.69, 9.17) is 4.74 Å². The monoisotopic (exact) mass is 444 g/mol. The van der Waals surface area contributed by atoms with E-state index >= 15 is 0 Å². The summed E-state index contributed by atoms with van der Waals surface area (Å²) in [5.41, 5.74) is 2.07. The average molecular weight is 445 g/mol. The number of hydrogen-bond donors (Lipinski definition) is 0. The van der Waals surface area contributed by atoms with Gasteiger partial charge in [0.2, 0.25) is 0 Å². The summed E-state index contributed by atoms with van der Waals surface area (Å²) in [5.74, 6) is 0.337. The van der Waals surface area contributed by atoms with E-state index < -0.39 is 0 Å². The first-order valence-electron chi connectivity index (χ1n) is 10.3. The number of ketones is 1. The van der Waals surface area contributed by atoms with Gasteiger partial charge in [-0.3, -0.25) is 9.59 Å². The van der Waals surface area contributed by atoms with Crippen LogP contribution in [0.4, 0.5) is 10.1 Å². The van der Waals surface area contributed by atoms with Crippen molar-refractivity contribution in [3.8, 4) is 5.75 Å². The number of pyridine rings is 1. The molecule has 1 aromatic heterocycles. The van der Waals surface area contributed by atoms with E-state index in [1.165, 1.54) is 12.1 Å². The van der Waals surface area contributed by atoms with Gasteiger partial charge < -0.3 is 14.2 Å². The number of hydrogen-bond acceptors (Lipinski definition) is 4. The lowest BCUT2D eigenvalue weighted by Crippen LogP contribution is -2.40. The van der Waals surface area contributed by atoms with Crippen LogP contribution in [0.3, 0.4) is 0 Å². The minimum atomic E-state index is -0.346. The average Bonchev–Trinajstić information content (AvgIpc) is 2.78. The summed E-state index contributed by atoms with van der Waals surface area (Å²) in [5, 5.41) is 0.954. The van der Waals surface area contributed by atoms with Gasteiger partial charge in [-0.05, 0) is 68.3 Å². The topological polar surface area (TPSA) is 51.5 Å². The van der Waals surface area contributed by atoms with Gasteiger partial charge >= 0.3 is 0 Å². The molecule has 0 saturated carbocycles. The molecule has 0 unspecified atom stereocenters. The first kappa shape index (κ1) is 22.8. The molecule has 1 fully saturated rings. The molecule has 1 aliphatic heterocycles. The second-order valence-electron chi connectivity index (χ2n) is 7.64. The van der Waals surface area contributed by atoms with Crippen molar-refractivity contribution in [2.45, 2.75) is 26.3 Å². The van der Waals surface area contributed by atoms with Crippen molar-refractivity contribution in [3.63, 3.8) is 0 Å². The maximum absolute atomic E-state index is 13.1. The summed E-state index contributed by atoms with van der Waals surface area (Å²) in [4.78, 5) is 27.9. The molecule has 2 heterocycles. The van der Waals surface area contributed by atoms with Crippen LogP contribution in [-0.2, 0) is 6.54 Å². The fourth-order valence-corrected chi connectivity index (χ4v) is 4.25. The van der Waals surface area contributed by atoms with E-state index in [0.717, 1.165) is 16.7 Å². The van der Waals surface area contributed by atoms with E-state index in [2.05, 4.69) is 4.90 Å². The smallest absolute Gasteiger partial charge is 0.274 e. The molecule has 0 atom stereocenters. The molecule has 1 saturated heterocycles. The number of anilines is 1. The van der Waals surface area contributed by atoms with Crippen LogP contribution in [-0.4, -0.2) is 30.5 Å². The van der Waals surface area contributed by atoms with Crippen LogP contribution >= 0.6 is 12.4 Å². The largest absolute Gasteiger partial charge is 0.497 e. The molecule has 2 aromatic carbocycles. The van der Waals surface area contributed by atoms with Gasteiger partial charge in [0.1, 0.15) is 17.3 Å². The van der Waals surface area contributed by atoms with Gasteiger partial charge in [0.15, 0.2) is 5.78 Å². The third kappa shape index (κ3) is 4.44. The summed E-state index contributed by atoms with van der Waals surface area (Å²) in [6.07, 6.45) is 1.33. The van der Waals surface area contributed by atoms with Gasteiger partial charge in [0, 0.05) is 36.5 Å². The molecule has 0 radical (unpaired) electrons. The number of aromatic nitrogens is 1. The Balaban J connectivity index is 0.00000272. The maximum atomic E-state index is 13.1. The third-order valence-electron chi connectivity index (χ3n) is 5.93. The number of carbonyl (C=O) groups is 1. The number of aryl methyl sites for hydroxylation is 1. The van der Waals surface area contributed by atoms with Crippen molar-refractivity contribution >= 4 is 34.8 Å². The number of nitrogens with zero attached hydrogens (tertiary/aromatic N) is 2. The lowest BCUT2D eigenvalue weighted by atomic mass is 9.88. The summed E-state index contributed by atoms with van der Waals surface area (Å²) in [6, 6.07) is 13.4. The second kappa shape index (κ2) is 9.52. The summed E-state index contributed by atoms with van der Waals surface area (Å²) in [7, 11) is 1.63. The van der Waals surface area contributed by atoms with Crippen molar-refractivity contribution in [2.75, 3.05) is 25.1 Å². The Bertz CT molecular complexity index is 1140. The zero-order chi connectivity index (χ0) is 21.3. The van der Waals surface area contributed by atoms with E-state index in [1.807, 2.05) is 31.2 Å². The van der Waals surface area contributed by atoms with Crippen molar-refractivity contribution in [2.24, 2.45) is 5.92 Å². The number of halogens is 2. The number of benzene rings is 2. The molecular formula is C24H26ClFN2O3. The second-order valence-corrected chi connectivity index (χ2v) is 7.64. The van der Waals surface area contributed by atoms with E-state index in [0.29, 0.717) is 43.7 Å². The first-order chi connectivity index (χ1) is 14.5. The van der Waals surface area contributed by atoms with Crippen molar-refractivity contribution in [3.05, 3.63) is 70.3 Å². The quantitative estimate of drug-likeness (QED) is 0.536. The van der Waals surface area contributed by atoms with Gasteiger partial charge in [-0.2, -0.15) is 0 Å². The molecule has 4 rings (SSSR count). The third-order valence-corrected chi connectivity index (χ3v) is 5.93. The first-order valence-corrected chi connectivity index (χ1v) is 10.3. The molecule has 5 nitrogen and oxygen atoms in total. The molecule has 7 heteroatoms. The van der Waals surface area contributed by atoms with Crippen molar-refractivity contribution in [1.82, 2.24) is 4.57 Å². The predicted molar refractivity (Wildman–Crippen MR) is 123 cm³/mol. The highest BCUT2D eigenvalue weighted by Crippen LogP contribution is 2.28. The highest BCUT2D eigenvalue weighted by molar-refractivity contribution is 5.98. The molecule has 0 amide bonds. The number of ether oxygens (including phenoxy) is 1. The SMILES string of the molecule is CCn1c(=O)c(N2CCC(C(=O)c3ccc(F)cc3)CC2)cc2cc(OC)ccc21.Cl. The highest BCUT2D eigenvalue weighted by Gasteiger charge is 2.27. The number of fused-ring (bicyclic) bond motifs is 1. The summed E-state index contributed by atoms with van der Waals surface area (Å²) >= 11 is 0. The van der Waals surface area contributed by atoms with Gasteiger partial charge in [-0.1, -0.05) is 0 Å². The molecule has 0 bridgehead atoms. The number of carbonyl (C=O) groups excluding carboxylic acids is 1. The van der Waals surface area contributed by atoms with Crippen LogP contribution in [0.5, 0.6) is 5.75 Å². The Morgan fingerprint density at radius 2 is 1.77 bits per heavy atom. The molecule has 0 N–H and O–H groups in total. The Hall–Kier alpha value is -2.86. The highest BCUT2D eigenvalue weighted by atomic mass is 35.5. The van der Waals surface area contributed by atoms with Gasteiger partial charge in [-0.25, -0.2) is 4.39 Å². The molecule has 31 heavy (non-hydrogen) atoms. The van der Waals surface area contributed by atoms with Gasteiger partial charge in [-0.15, -0.1) is 12.4 Å². The number of methoxy groups -OCH3 is 1. The predicted octanol–water partition coefficient (Wildman–Crippen LogP) is 4.69. The van der Waals surface area contributed by atoms with Crippen molar-refractivity contribution < 1.29 is 13.9 Å². The van der Waals surface area contributed by atoms with Gasteiger partial charge in [0.25, 0.3) is 5.56 Å². The zero-order valence-corrected chi connectivity index (χ0v) is 18.5. The number of rotatable bonds is 5. The molecule has 0 aliphatic carbocycles. The Kier molecular flexibility index (Phi) is 7.01. The van der Waals surface area contributed by atoms with Crippen LogP contribution in [0.2, 0.25) is 0 Å². The molecule has 3 aromatic rings. The van der Waals surface area contributed by atoms with Crippen LogP contribution in [0, 0.1) is 11.7 Å². The van der Waals surface area contributed by atoms with Crippen LogP contribution in [0.25, 0.3) is 10.9 Å². The Morgan fingerprint density at radius 1 is 1.10 bits per heavy atom. The molecule has 0 spiro atoms. The van der Waals surface area contributed by atoms with E-state index in [1.54, 1.807) is 23.8 Å².